The Morgan fingerprint density at radius 3 is 2.52 bits per heavy atom. The van der Waals surface area contributed by atoms with Crippen LogP contribution in [0.1, 0.15) is 31.2 Å². The lowest BCUT2D eigenvalue weighted by atomic mass is 9.99. The van der Waals surface area contributed by atoms with Gasteiger partial charge < -0.3 is 24.0 Å². The van der Waals surface area contributed by atoms with Crippen LogP contribution in [-0.2, 0) is 14.3 Å². The monoisotopic (exact) mass is 422 g/mol. The van der Waals surface area contributed by atoms with Crippen LogP contribution in [0, 0.1) is 5.92 Å². The maximum atomic E-state index is 13.4. The molecule has 2 atom stereocenters. The van der Waals surface area contributed by atoms with Crippen LogP contribution in [0.2, 0.25) is 0 Å². The van der Waals surface area contributed by atoms with Gasteiger partial charge in [-0.15, -0.1) is 11.8 Å². The van der Waals surface area contributed by atoms with Crippen molar-refractivity contribution >= 4 is 23.6 Å². The molecule has 0 spiro atoms. The Morgan fingerprint density at radius 1 is 1.21 bits per heavy atom. The zero-order chi connectivity index (χ0) is 21.0. The molecule has 0 unspecified atom stereocenters. The molecule has 0 N–H and O–H groups in total. The molecule has 0 radical (unpaired) electrons. The Morgan fingerprint density at radius 2 is 1.90 bits per heavy atom. The maximum Gasteiger partial charge on any atom is 0.245 e. The number of morpholine rings is 1. The topological polar surface area (TPSA) is 68.3 Å². The minimum absolute atomic E-state index is 0.00189. The lowest BCUT2D eigenvalue weighted by molar-refractivity contribution is -0.148. The molecule has 2 saturated heterocycles. The van der Waals surface area contributed by atoms with E-state index in [0.29, 0.717) is 50.0 Å². The minimum atomic E-state index is -0.478. The Kier molecular flexibility index (Phi) is 7.29. The van der Waals surface area contributed by atoms with Crippen LogP contribution in [0.4, 0.5) is 0 Å². The van der Waals surface area contributed by atoms with Gasteiger partial charge in [0.05, 0.1) is 33.2 Å². The van der Waals surface area contributed by atoms with Gasteiger partial charge in [-0.3, -0.25) is 9.59 Å². The predicted octanol–water partition coefficient (Wildman–Crippen LogP) is 2.55. The van der Waals surface area contributed by atoms with Gasteiger partial charge in [0.15, 0.2) is 11.5 Å². The molecule has 0 aliphatic carbocycles. The van der Waals surface area contributed by atoms with Crippen LogP contribution in [0.5, 0.6) is 11.5 Å². The SMILES string of the molecule is COc1ccc([C@@H]2SCC(=O)N2[C@H](CC(C)C)C(=O)N2CCOCC2)cc1OC. The fourth-order valence-corrected chi connectivity index (χ4v) is 5.02. The molecule has 2 aliphatic heterocycles. The number of hydrogen-bond donors (Lipinski definition) is 0. The second kappa shape index (κ2) is 9.71. The number of thioether (sulfide) groups is 1. The Bertz CT molecular complexity index is 736. The van der Waals surface area contributed by atoms with E-state index in [2.05, 4.69) is 13.8 Å². The van der Waals surface area contributed by atoms with Crippen LogP contribution in [0.15, 0.2) is 18.2 Å². The molecule has 1 aromatic carbocycles. The highest BCUT2D eigenvalue weighted by Crippen LogP contribution is 2.43. The molecule has 7 nitrogen and oxygen atoms in total. The summed E-state index contributed by atoms with van der Waals surface area (Å²) in [5.74, 6) is 1.93. The predicted molar refractivity (Wildman–Crippen MR) is 112 cm³/mol. The van der Waals surface area contributed by atoms with Crippen molar-refractivity contribution in [3.05, 3.63) is 23.8 Å². The van der Waals surface area contributed by atoms with E-state index in [0.717, 1.165) is 5.56 Å². The van der Waals surface area contributed by atoms with Gasteiger partial charge in [0, 0.05) is 13.1 Å². The highest BCUT2D eigenvalue weighted by Gasteiger charge is 2.42. The Balaban J connectivity index is 1.92. The summed E-state index contributed by atoms with van der Waals surface area (Å²) in [5, 5.41) is -0.226. The van der Waals surface area contributed by atoms with Gasteiger partial charge in [-0.1, -0.05) is 19.9 Å². The molecule has 2 fully saturated rings. The van der Waals surface area contributed by atoms with Crippen molar-refractivity contribution < 1.29 is 23.8 Å². The van der Waals surface area contributed by atoms with E-state index in [9.17, 15) is 9.59 Å². The van der Waals surface area contributed by atoms with Gasteiger partial charge in [-0.2, -0.15) is 0 Å². The van der Waals surface area contributed by atoms with E-state index in [-0.39, 0.29) is 23.1 Å². The third-order valence-corrected chi connectivity index (χ3v) is 6.46. The third-order valence-electron chi connectivity index (χ3n) is 5.24. The number of hydrogen-bond acceptors (Lipinski definition) is 6. The summed E-state index contributed by atoms with van der Waals surface area (Å²) >= 11 is 1.55. The number of carbonyl (C=O) groups excluding carboxylic acids is 2. The molecule has 0 aromatic heterocycles. The molecular formula is C21H30N2O5S. The number of rotatable bonds is 7. The zero-order valence-corrected chi connectivity index (χ0v) is 18.4. The summed E-state index contributed by atoms with van der Waals surface area (Å²) in [6.07, 6.45) is 0.631. The second-order valence-corrected chi connectivity index (χ2v) is 8.73. The maximum absolute atomic E-state index is 13.4. The molecule has 3 rings (SSSR count). The number of ether oxygens (including phenoxy) is 3. The first kappa shape index (κ1) is 21.8. The van der Waals surface area contributed by atoms with Gasteiger partial charge in [-0.25, -0.2) is 0 Å². The average molecular weight is 423 g/mol. The van der Waals surface area contributed by atoms with E-state index in [4.69, 9.17) is 14.2 Å². The smallest absolute Gasteiger partial charge is 0.245 e. The number of methoxy groups -OCH3 is 2. The highest BCUT2D eigenvalue weighted by atomic mass is 32.2. The normalized spacial score (nSPS) is 20.9. The van der Waals surface area contributed by atoms with Crippen molar-refractivity contribution in [3.8, 4) is 11.5 Å². The molecule has 160 valence electrons. The molecule has 2 heterocycles. The van der Waals surface area contributed by atoms with Crippen LogP contribution in [0.3, 0.4) is 0 Å². The van der Waals surface area contributed by atoms with Gasteiger partial charge in [0.2, 0.25) is 11.8 Å². The quantitative estimate of drug-likeness (QED) is 0.673. The average Bonchev–Trinajstić information content (AvgIpc) is 3.12. The molecular weight excluding hydrogens is 392 g/mol. The minimum Gasteiger partial charge on any atom is -0.493 e. The molecule has 8 heteroatoms. The largest absolute Gasteiger partial charge is 0.493 e. The van der Waals surface area contributed by atoms with Gasteiger partial charge in [-0.05, 0) is 30.0 Å². The third kappa shape index (κ3) is 4.80. The van der Waals surface area contributed by atoms with E-state index >= 15 is 0 Å². The number of nitrogens with zero attached hydrogens (tertiary/aromatic N) is 2. The van der Waals surface area contributed by atoms with E-state index in [1.54, 1.807) is 30.9 Å². The highest BCUT2D eigenvalue weighted by molar-refractivity contribution is 8.00. The van der Waals surface area contributed by atoms with Gasteiger partial charge in [0.25, 0.3) is 0 Å². The van der Waals surface area contributed by atoms with Crippen molar-refractivity contribution in [1.29, 1.82) is 0 Å². The van der Waals surface area contributed by atoms with E-state index in [1.165, 1.54) is 0 Å². The van der Waals surface area contributed by atoms with Crippen molar-refractivity contribution in [2.45, 2.75) is 31.7 Å². The van der Waals surface area contributed by atoms with E-state index in [1.807, 2.05) is 23.1 Å². The first-order valence-electron chi connectivity index (χ1n) is 9.97. The first-order valence-corrected chi connectivity index (χ1v) is 11.0. The fraction of sp³-hybridized carbons (Fsp3) is 0.619. The lowest BCUT2D eigenvalue weighted by Crippen LogP contribution is -2.53. The van der Waals surface area contributed by atoms with Crippen LogP contribution in [-0.4, -0.2) is 73.9 Å². The molecule has 2 aliphatic rings. The number of carbonyl (C=O) groups is 2. The summed E-state index contributed by atoms with van der Waals surface area (Å²) in [5.41, 5.74) is 0.932. The van der Waals surface area contributed by atoms with Gasteiger partial charge in [0.1, 0.15) is 11.4 Å². The standard InChI is InChI=1S/C21H30N2O5S/c1-14(2)11-16(20(25)22-7-9-28-10-8-22)23-19(24)13-29-21(23)15-5-6-17(26-3)18(12-15)27-4/h5-6,12,14,16,21H,7-11,13H2,1-4H3/t16-,21+/m1/s1. The molecule has 1 aromatic rings. The zero-order valence-electron chi connectivity index (χ0n) is 17.6. The number of benzene rings is 1. The molecule has 29 heavy (non-hydrogen) atoms. The summed E-state index contributed by atoms with van der Waals surface area (Å²) in [7, 11) is 3.19. The first-order chi connectivity index (χ1) is 14.0. The molecule has 0 bridgehead atoms. The Hall–Kier alpha value is -1.93. The van der Waals surface area contributed by atoms with Gasteiger partial charge >= 0.3 is 0 Å². The van der Waals surface area contributed by atoms with Crippen molar-refractivity contribution in [2.75, 3.05) is 46.3 Å². The molecule has 0 saturated carbocycles. The van der Waals surface area contributed by atoms with Crippen molar-refractivity contribution in [3.63, 3.8) is 0 Å². The molecule has 2 amide bonds. The lowest BCUT2D eigenvalue weighted by Gasteiger charge is -2.37. The summed E-state index contributed by atoms with van der Waals surface area (Å²) in [4.78, 5) is 29.9. The Labute approximate surface area is 176 Å². The fourth-order valence-electron chi connectivity index (χ4n) is 3.81. The number of amides is 2. The summed E-state index contributed by atoms with van der Waals surface area (Å²) < 4.78 is 16.2. The van der Waals surface area contributed by atoms with Crippen LogP contribution < -0.4 is 9.47 Å². The summed E-state index contributed by atoms with van der Waals surface area (Å²) in [6, 6.07) is 5.20. The van der Waals surface area contributed by atoms with Crippen molar-refractivity contribution in [2.24, 2.45) is 5.92 Å². The van der Waals surface area contributed by atoms with Crippen LogP contribution >= 0.6 is 11.8 Å². The van der Waals surface area contributed by atoms with Crippen LogP contribution in [0.25, 0.3) is 0 Å². The van der Waals surface area contributed by atoms with Crippen molar-refractivity contribution in [1.82, 2.24) is 9.80 Å². The van der Waals surface area contributed by atoms with E-state index < -0.39 is 6.04 Å². The summed E-state index contributed by atoms with van der Waals surface area (Å²) in [6.45, 7) is 6.40. The second-order valence-electron chi connectivity index (χ2n) is 7.66.